The Kier molecular flexibility index (Phi) is 5.42. The maximum atomic E-state index is 13.2. The number of fused-ring (bicyclic) bond motifs is 1. The number of rotatable bonds is 2. The average Bonchev–Trinajstić information content (AvgIpc) is 2.86. The molecule has 0 spiro atoms. The molecule has 148 valence electrons. The minimum atomic E-state index is 0.0356. The van der Waals surface area contributed by atoms with Crippen molar-refractivity contribution in [2.45, 2.75) is 38.3 Å². The van der Waals surface area contributed by atoms with E-state index in [1.165, 1.54) is 5.69 Å². The smallest absolute Gasteiger partial charge is 0.322 e. The third-order valence-corrected chi connectivity index (χ3v) is 6.04. The lowest BCUT2D eigenvalue weighted by Crippen LogP contribution is -2.51. The minimum absolute atomic E-state index is 0.0356. The van der Waals surface area contributed by atoms with Gasteiger partial charge in [0, 0.05) is 44.5 Å². The quantitative estimate of drug-likeness (QED) is 0.855. The topological polar surface area (TPSA) is 38.8 Å². The summed E-state index contributed by atoms with van der Waals surface area (Å²) in [6, 6.07) is 19.2. The van der Waals surface area contributed by atoms with E-state index in [2.05, 4.69) is 65.5 Å². The first kappa shape index (κ1) is 18.7. The largest absolute Gasteiger partial charge is 0.373 e. The van der Waals surface area contributed by atoms with Gasteiger partial charge in [-0.25, -0.2) is 4.79 Å². The molecule has 5 nitrogen and oxygen atoms in total. The van der Waals surface area contributed by atoms with E-state index >= 15 is 0 Å². The highest BCUT2D eigenvalue weighted by Crippen LogP contribution is 2.33. The third kappa shape index (κ3) is 3.79. The predicted octanol–water partition coefficient (Wildman–Crippen LogP) is 4.10. The molecule has 2 amide bonds. The molecule has 1 atom stereocenters. The molecule has 5 heteroatoms. The van der Waals surface area contributed by atoms with Crippen LogP contribution in [0.15, 0.2) is 54.6 Å². The summed E-state index contributed by atoms with van der Waals surface area (Å²) in [5.74, 6) is 0. The highest BCUT2D eigenvalue weighted by Gasteiger charge is 2.30. The van der Waals surface area contributed by atoms with Crippen LogP contribution in [0.5, 0.6) is 0 Å². The molecule has 4 rings (SSSR count). The SMILES string of the molecule is C[C@H]1CCN(C)c2ccccc2N1C(=O)NC1CCN(c2ccccc2)CC1. The predicted molar refractivity (Wildman–Crippen MR) is 116 cm³/mol. The standard InChI is InChI=1S/C23H30N4O/c1-18-12-15-25(2)21-10-6-7-11-22(21)27(18)23(28)24-19-13-16-26(17-14-19)20-8-4-3-5-9-20/h3-11,18-19H,12-17H2,1-2H3,(H,24,28)/t18-/m0/s1. The van der Waals surface area contributed by atoms with Crippen molar-refractivity contribution in [3.8, 4) is 0 Å². The van der Waals surface area contributed by atoms with E-state index in [-0.39, 0.29) is 18.1 Å². The Hall–Kier alpha value is -2.69. The lowest BCUT2D eigenvalue weighted by atomic mass is 10.0. The molecule has 0 radical (unpaired) electrons. The van der Waals surface area contributed by atoms with Crippen molar-refractivity contribution < 1.29 is 4.79 Å². The van der Waals surface area contributed by atoms with E-state index in [9.17, 15) is 4.79 Å². The number of nitrogens with zero attached hydrogens (tertiary/aromatic N) is 3. The molecule has 0 aromatic heterocycles. The molecule has 2 aliphatic rings. The van der Waals surface area contributed by atoms with Crippen LogP contribution >= 0.6 is 0 Å². The maximum Gasteiger partial charge on any atom is 0.322 e. The van der Waals surface area contributed by atoms with E-state index < -0.39 is 0 Å². The molecule has 0 aliphatic carbocycles. The Bertz CT molecular complexity index is 801. The van der Waals surface area contributed by atoms with Crippen molar-refractivity contribution in [3.63, 3.8) is 0 Å². The molecule has 2 aromatic rings. The van der Waals surface area contributed by atoms with Gasteiger partial charge in [0.1, 0.15) is 0 Å². The van der Waals surface area contributed by atoms with Crippen LogP contribution in [0, 0.1) is 0 Å². The van der Waals surface area contributed by atoms with E-state index in [1.807, 2.05) is 23.1 Å². The number of nitrogens with one attached hydrogen (secondary N) is 1. The summed E-state index contributed by atoms with van der Waals surface area (Å²) in [6.45, 7) is 5.05. The summed E-state index contributed by atoms with van der Waals surface area (Å²) < 4.78 is 0. The lowest BCUT2D eigenvalue weighted by molar-refractivity contribution is 0.238. The van der Waals surface area contributed by atoms with Gasteiger partial charge >= 0.3 is 6.03 Å². The van der Waals surface area contributed by atoms with Crippen molar-refractivity contribution in [1.29, 1.82) is 0 Å². The second-order valence-electron chi connectivity index (χ2n) is 7.96. The van der Waals surface area contributed by atoms with Crippen LogP contribution in [0.4, 0.5) is 21.9 Å². The lowest BCUT2D eigenvalue weighted by Gasteiger charge is -2.36. The van der Waals surface area contributed by atoms with E-state index in [4.69, 9.17) is 0 Å². The van der Waals surface area contributed by atoms with Gasteiger partial charge < -0.3 is 15.1 Å². The fourth-order valence-electron chi connectivity index (χ4n) is 4.33. The zero-order chi connectivity index (χ0) is 19.5. The van der Waals surface area contributed by atoms with Gasteiger partial charge in [-0.15, -0.1) is 0 Å². The fourth-order valence-corrected chi connectivity index (χ4v) is 4.33. The van der Waals surface area contributed by atoms with Crippen LogP contribution < -0.4 is 20.0 Å². The molecule has 1 fully saturated rings. The van der Waals surface area contributed by atoms with Crippen LogP contribution in [0.1, 0.15) is 26.2 Å². The molecule has 2 heterocycles. The van der Waals surface area contributed by atoms with Crippen LogP contribution in [-0.2, 0) is 0 Å². The van der Waals surface area contributed by atoms with Gasteiger partial charge in [0.05, 0.1) is 11.4 Å². The summed E-state index contributed by atoms with van der Waals surface area (Å²) in [5, 5.41) is 3.32. The molecule has 0 saturated carbocycles. The number of benzene rings is 2. The van der Waals surface area contributed by atoms with Crippen LogP contribution in [-0.4, -0.2) is 44.8 Å². The summed E-state index contributed by atoms with van der Waals surface area (Å²) in [4.78, 5) is 19.8. The Balaban J connectivity index is 1.43. The van der Waals surface area contributed by atoms with Crippen molar-refractivity contribution in [2.75, 3.05) is 41.4 Å². The van der Waals surface area contributed by atoms with Crippen LogP contribution in [0.2, 0.25) is 0 Å². The Morgan fingerprint density at radius 1 is 0.893 bits per heavy atom. The van der Waals surface area contributed by atoms with Gasteiger partial charge in [0.15, 0.2) is 0 Å². The fraction of sp³-hybridized carbons (Fsp3) is 0.435. The van der Waals surface area contributed by atoms with Crippen molar-refractivity contribution in [2.24, 2.45) is 0 Å². The summed E-state index contributed by atoms with van der Waals surface area (Å²) >= 11 is 0. The molecule has 2 aromatic carbocycles. The first-order valence-corrected chi connectivity index (χ1v) is 10.3. The summed E-state index contributed by atoms with van der Waals surface area (Å²) in [6.07, 6.45) is 2.92. The molecule has 28 heavy (non-hydrogen) atoms. The van der Waals surface area contributed by atoms with E-state index in [0.29, 0.717) is 0 Å². The molecule has 1 N–H and O–H groups in total. The van der Waals surface area contributed by atoms with Gasteiger partial charge in [-0.1, -0.05) is 30.3 Å². The first-order valence-electron chi connectivity index (χ1n) is 10.3. The molecular weight excluding hydrogens is 348 g/mol. The average molecular weight is 379 g/mol. The third-order valence-electron chi connectivity index (χ3n) is 6.04. The van der Waals surface area contributed by atoms with Gasteiger partial charge in [-0.3, -0.25) is 4.90 Å². The highest BCUT2D eigenvalue weighted by atomic mass is 16.2. The number of hydrogen-bond acceptors (Lipinski definition) is 3. The number of piperidine rings is 1. The zero-order valence-corrected chi connectivity index (χ0v) is 16.8. The molecule has 0 bridgehead atoms. The Labute approximate surface area is 167 Å². The number of anilines is 3. The minimum Gasteiger partial charge on any atom is -0.373 e. The van der Waals surface area contributed by atoms with Gasteiger partial charge in [-0.2, -0.15) is 0 Å². The molecular formula is C23H30N4O. The van der Waals surface area contributed by atoms with Crippen molar-refractivity contribution in [1.82, 2.24) is 5.32 Å². The van der Waals surface area contributed by atoms with Crippen LogP contribution in [0.25, 0.3) is 0 Å². The monoisotopic (exact) mass is 378 g/mol. The number of urea groups is 1. The Morgan fingerprint density at radius 3 is 2.25 bits per heavy atom. The van der Waals surface area contributed by atoms with Gasteiger partial charge in [0.2, 0.25) is 0 Å². The molecule has 1 saturated heterocycles. The van der Waals surface area contributed by atoms with Crippen molar-refractivity contribution >= 4 is 23.1 Å². The van der Waals surface area contributed by atoms with Crippen LogP contribution in [0.3, 0.4) is 0 Å². The zero-order valence-electron chi connectivity index (χ0n) is 16.8. The number of amides is 2. The summed E-state index contributed by atoms with van der Waals surface area (Å²) in [5.41, 5.74) is 3.40. The van der Waals surface area contributed by atoms with E-state index in [1.54, 1.807) is 0 Å². The molecule has 0 unspecified atom stereocenters. The number of hydrogen-bond donors (Lipinski definition) is 1. The normalized spacial score (nSPS) is 20.5. The summed E-state index contributed by atoms with van der Waals surface area (Å²) in [7, 11) is 2.10. The number of carbonyl (C=O) groups is 1. The second kappa shape index (κ2) is 8.13. The van der Waals surface area contributed by atoms with Crippen molar-refractivity contribution in [3.05, 3.63) is 54.6 Å². The molecule has 2 aliphatic heterocycles. The number of para-hydroxylation sites is 3. The first-order chi connectivity index (χ1) is 13.6. The highest BCUT2D eigenvalue weighted by molar-refractivity contribution is 5.96. The maximum absolute atomic E-state index is 13.2. The Morgan fingerprint density at radius 2 is 1.54 bits per heavy atom. The second-order valence-corrected chi connectivity index (χ2v) is 7.96. The van der Waals surface area contributed by atoms with Gasteiger partial charge in [-0.05, 0) is 50.5 Å². The van der Waals surface area contributed by atoms with E-state index in [0.717, 1.165) is 50.3 Å². The number of carbonyl (C=O) groups excluding carboxylic acids is 1. The van der Waals surface area contributed by atoms with Gasteiger partial charge in [0.25, 0.3) is 0 Å².